The van der Waals surface area contributed by atoms with Gasteiger partial charge in [-0.25, -0.2) is 13.6 Å². The summed E-state index contributed by atoms with van der Waals surface area (Å²) in [5.74, 6) is -1.70. The Morgan fingerprint density at radius 1 is 1.03 bits per heavy atom. The van der Waals surface area contributed by atoms with Gasteiger partial charge in [0.05, 0.1) is 12.0 Å². The fraction of sp³-hybridized carbons (Fsp3) is 0.533. The van der Waals surface area contributed by atoms with Gasteiger partial charge in [0, 0.05) is 55.8 Å². The molecular formula is C30H39ClF2N4O2. The van der Waals surface area contributed by atoms with Crippen molar-refractivity contribution in [2.24, 2.45) is 5.92 Å². The van der Waals surface area contributed by atoms with Crippen LogP contribution in [0, 0.1) is 17.6 Å². The Kier molecular flexibility index (Phi) is 8.86. The molecule has 3 amide bonds. The Morgan fingerprint density at radius 3 is 2.31 bits per heavy atom. The van der Waals surface area contributed by atoms with E-state index in [9.17, 15) is 18.4 Å². The molecule has 6 nitrogen and oxygen atoms in total. The first-order valence-electron chi connectivity index (χ1n) is 13.7. The highest BCUT2D eigenvalue weighted by Crippen LogP contribution is 2.40. The van der Waals surface area contributed by atoms with Crippen molar-refractivity contribution in [2.45, 2.75) is 64.0 Å². The maximum absolute atomic E-state index is 14.9. The SMILES string of the molecule is CNC(=O)NC(C)c1cc(Cl)ccc1C1CCN(C(=O)C2CN(C(C)(C)C)CC2c2ccc(F)cc2F)CC1. The van der Waals surface area contributed by atoms with E-state index >= 15 is 0 Å². The Balaban J connectivity index is 1.51. The predicted molar refractivity (Wildman–Crippen MR) is 150 cm³/mol. The van der Waals surface area contributed by atoms with Gasteiger partial charge < -0.3 is 15.5 Å². The van der Waals surface area contributed by atoms with E-state index in [0.717, 1.165) is 30.0 Å². The molecule has 2 fully saturated rings. The van der Waals surface area contributed by atoms with Crippen LogP contribution >= 0.6 is 11.6 Å². The van der Waals surface area contributed by atoms with Gasteiger partial charge in [-0.15, -0.1) is 0 Å². The molecule has 212 valence electrons. The molecule has 2 aromatic rings. The lowest BCUT2D eigenvalue weighted by Gasteiger charge is -2.36. The summed E-state index contributed by atoms with van der Waals surface area (Å²) < 4.78 is 28.5. The Hall–Kier alpha value is -2.71. The number of amides is 3. The third-order valence-corrected chi connectivity index (χ3v) is 8.52. The lowest BCUT2D eigenvalue weighted by atomic mass is 9.83. The van der Waals surface area contributed by atoms with E-state index < -0.39 is 17.6 Å². The number of hydrogen-bond donors (Lipinski definition) is 2. The number of piperidine rings is 1. The minimum absolute atomic E-state index is 0.0277. The molecule has 0 radical (unpaired) electrons. The number of nitrogens with one attached hydrogen (secondary N) is 2. The number of carbonyl (C=O) groups is 2. The van der Waals surface area contributed by atoms with E-state index in [1.54, 1.807) is 7.05 Å². The maximum Gasteiger partial charge on any atom is 0.315 e. The standard InChI is InChI=1S/C30H39ClF2N4O2/c1-18(35-29(39)34-5)24-14-20(31)6-8-22(24)19-10-12-36(13-11-19)28(38)26-17-37(30(2,3)4)16-25(26)23-9-7-21(32)15-27(23)33/h6-9,14-15,18-19,25-26H,10-13,16-17H2,1-5H3,(H2,34,35,39). The molecule has 2 saturated heterocycles. The molecule has 2 heterocycles. The maximum atomic E-state index is 14.9. The van der Waals surface area contributed by atoms with E-state index in [1.807, 2.05) is 30.0 Å². The van der Waals surface area contributed by atoms with Crippen LogP contribution in [0.25, 0.3) is 0 Å². The van der Waals surface area contributed by atoms with Crippen molar-refractivity contribution in [3.8, 4) is 0 Å². The molecule has 2 aromatic carbocycles. The molecule has 2 aliphatic heterocycles. The van der Waals surface area contributed by atoms with Crippen molar-refractivity contribution in [2.75, 3.05) is 33.2 Å². The average Bonchev–Trinajstić information content (AvgIpc) is 3.34. The molecule has 3 atom stereocenters. The molecule has 3 unspecified atom stereocenters. The van der Waals surface area contributed by atoms with Crippen molar-refractivity contribution >= 4 is 23.5 Å². The van der Waals surface area contributed by atoms with Crippen LogP contribution in [0.1, 0.15) is 75.1 Å². The molecule has 2 N–H and O–H groups in total. The van der Waals surface area contributed by atoms with Crippen LogP contribution in [0.2, 0.25) is 5.02 Å². The molecule has 9 heteroatoms. The van der Waals surface area contributed by atoms with Crippen LogP contribution in [-0.4, -0.2) is 60.5 Å². The summed E-state index contributed by atoms with van der Waals surface area (Å²) in [5, 5.41) is 6.12. The molecule has 0 aromatic heterocycles. The van der Waals surface area contributed by atoms with Crippen molar-refractivity contribution in [1.29, 1.82) is 0 Å². The molecule has 0 aliphatic carbocycles. The number of urea groups is 1. The van der Waals surface area contributed by atoms with Crippen LogP contribution < -0.4 is 10.6 Å². The molecule has 2 aliphatic rings. The van der Waals surface area contributed by atoms with E-state index in [-0.39, 0.29) is 35.4 Å². The number of likely N-dealkylation sites (tertiary alicyclic amines) is 2. The van der Waals surface area contributed by atoms with E-state index in [0.29, 0.717) is 36.8 Å². The third-order valence-electron chi connectivity index (χ3n) is 8.28. The second kappa shape index (κ2) is 11.8. The van der Waals surface area contributed by atoms with Gasteiger partial charge in [-0.2, -0.15) is 0 Å². The van der Waals surface area contributed by atoms with Gasteiger partial charge in [0.2, 0.25) is 5.91 Å². The fourth-order valence-corrected chi connectivity index (χ4v) is 6.18. The topological polar surface area (TPSA) is 64.7 Å². The fourth-order valence-electron chi connectivity index (χ4n) is 6.00. The van der Waals surface area contributed by atoms with Crippen LogP contribution in [-0.2, 0) is 4.79 Å². The number of nitrogens with zero attached hydrogens (tertiary/aromatic N) is 2. The number of halogens is 3. The van der Waals surface area contributed by atoms with Crippen molar-refractivity contribution in [3.05, 3.63) is 69.7 Å². The first-order valence-corrected chi connectivity index (χ1v) is 14.0. The van der Waals surface area contributed by atoms with Gasteiger partial charge in [-0.3, -0.25) is 9.69 Å². The normalized spacial score (nSPS) is 21.6. The zero-order valence-corrected chi connectivity index (χ0v) is 24.1. The van der Waals surface area contributed by atoms with Gasteiger partial charge in [0.1, 0.15) is 11.6 Å². The zero-order chi connectivity index (χ0) is 28.5. The van der Waals surface area contributed by atoms with Gasteiger partial charge in [-0.1, -0.05) is 23.7 Å². The Bertz CT molecular complexity index is 1210. The van der Waals surface area contributed by atoms with Crippen molar-refractivity contribution < 1.29 is 18.4 Å². The second-order valence-electron chi connectivity index (χ2n) is 11.8. The summed E-state index contributed by atoms with van der Waals surface area (Å²) in [6, 6.07) is 8.97. The van der Waals surface area contributed by atoms with Crippen LogP contribution in [0.4, 0.5) is 13.6 Å². The molecule has 0 saturated carbocycles. The minimum atomic E-state index is -0.617. The van der Waals surface area contributed by atoms with E-state index in [4.69, 9.17) is 11.6 Å². The highest BCUT2D eigenvalue weighted by Gasteiger charge is 2.44. The van der Waals surface area contributed by atoms with Crippen molar-refractivity contribution in [3.63, 3.8) is 0 Å². The Labute approximate surface area is 235 Å². The summed E-state index contributed by atoms with van der Waals surface area (Å²) >= 11 is 6.30. The summed E-state index contributed by atoms with van der Waals surface area (Å²) in [4.78, 5) is 29.9. The zero-order valence-electron chi connectivity index (χ0n) is 23.4. The van der Waals surface area contributed by atoms with Gasteiger partial charge >= 0.3 is 6.03 Å². The quantitative estimate of drug-likeness (QED) is 0.484. The van der Waals surface area contributed by atoms with Crippen LogP contribution in [0.5, 0.6) is 0 Å². The Morgan fingerprint density at radius 2 is 1.69 bits per heavy atom. The van der Waals surface area contributed by atoms with Crippen molar-refractivity contribution in [1.82, 2.24) is 20.4 Å². The lowest BCUT2D eigenvalue weighted by molar-refractivity contribution is -0.136. The first kappa shape index (κ1) is 29.3. The summed E-state index contributed by atoms with van der Waals surface area (Å²) in [5.41, 5.74) is 2.32. The van der Waals surface area contributed by atoms with Gasteiger partial charge in [0.15, 0.2) is 0 Å². The summed E-state index contributed by atoms with van der Waals surface area (Å²) in [7, 11) is 1.58. The lowest BCUT2D eigenvalue weighted by Crippen LogP contribution is -2.44. The minimum Gasteiger partial charge on any atom is -0.342 e. The largest absolute Gasteiger partial charge is 0.342 e. The van der Waals surface area contributed by atoms with Crippen LogP contribution in [0.15, 0.2) is 36.4 Å². The molecule has 39 heavy (non-hydrogen) atoms. The van der Waals surface area contributed by atoms with Gasteiger partial charge in [0.25, 0.3) is 0 Å². The second-order valence-corrected chi connectivity index (χ2v) is 12.2. The van der Waals surface area contributed by atoms with E-state index in [2.05, 4.69) is 36.3 Å². The number of hydrogen-bond acceptors (Lipinski definition) is 3. The van der Waals surface area contributed by atoms with Crippen LogP contribution in [0.3, 0.4) is 0 Å². The summed E-state index contributed by atoms with van der Waals surface area (Å²) in [6.07, 6.45) is 1.55. The smallest absolute Gasteiger partial charge is 0.315 e. The van der Waals surface area contributed by atoms with E-state index in [1.165, 1.54) is 12.1 Å². The molecular weight excluding hydrogens is 522 g/mol. The summed E-state index contributed by atoms with van der Waals surface area (Å²) in [6.45, 7) is 10.5. The molecule has 4 rings (SSSR count). The predicted octanol–water partition coefficient (Wildman–Crippen LogP) is 5.83. The monoisotopic (exact) mass is 560 g/mol. The number of carbonyl (C=O) groups excluding carboxylic acids is 2. The number of benzene rings is 2. The molecule has 0 bridgehead atoms. The average molecular weight is 561 g/mol. The highest BCUT2D eigenvalue weighted by atomic mass is 35.5. The number of rotatable bonds is 5. The molecule has 0 spiro atoms. The highest BCUT2D eigenvalue weighted by molar-refractivity contribution is 6.30. The van der Waals surface area contributed by atoms with Gasteiger partial charge in [-0.05, 0) is 81.3 Å². The third kappa shape index (κ3) is 6.55. The first-order chi connectivity index (χ1) is 18.4.